The average molecular weight is 364 g/mol. The van der Waals surface area contributed by atoms with Crippen molar-refractivity contribution in [2.75, 3.05) is 20.3 Å². The highest BCUT2D eigenvalue weighted by molar-refractivity contribution is 9.10. The summed E-state index contributed by atoms with van der Waals surface area (Å²) in [5, 5.41) is 0. The van der Waals surface area contributed by atoms with Gasteiger partial charge in [0.15, 0.2) is 0 Å². The first-order chi connectivity index (χ1) is 8.20. The molecule has 1 aromatic rings. The molecule has 1 aliphatic rings. The number of rotatable bonds is 3. The Labute approximate surface area is 119 Å². The largest absolute Gasteiger partial charge is 0.497 e. The van der Waals surface area contributed by atoms with Gasteiger partial charge in [0.25, 0.3) is 0 Å². The van der Waals surface area contributed by atoms with Crippen LogP contribution in [0.5, 0.6) is 5.75 Å². The molecule has 1 aromatic carbocycles. The molecule has 2 atom stereocenters. The molecule has 0 spiro atoms. The lowest BCUT2D eigenvalue weighted by Crippen LogP contribution is -2.29. The van der Waals surface area contributed by atoms with Gasteiger partial charge in [0.2, 0.25) is 0 Å². The van der Waals surface area contributed by atoms with E-state index in [9.17, 15) is 0 Å². The second kappa shape index (κ2) is 6.21. The molecule has 2 rings (SSSR count). The number of alkyl halides is 1. The van der Waals surface area contributed by atoms with Crippen molar-refractivity contribution >= 4 is 31.9 Å². The molecule has 2 nitrogen and oxygen atoms in total. The Hall–Kier alpha value is -0.0600. The first kappa shape index (κ1) is 13.4. The molecule has 0 bridgehead atoms. The van der Waals surface area contributed by atoms with Gasteiger partial charge in [-0.3, -0.25) is 0 Å². The van der Waals surface area contributed by atoms with Crippen LogP contribution in [0.4, 0.5) is 0 Å². The summed E-state index contributed by atoms with van der Waals surface area (Å²) in [5.74, 6) is 1.44. The van der Waals surface area contributed by atoms with E-state index in [0.29, 0.717) is 10.7 Å². The highest BCUT2D eigenvalue weighted by atomic mass is 79.9. The summed E-state index contributed by atoms with van der Waals surface area (Å²) in [7, 11) is 1.70. The molecule has 4 heteroatoms. The van der Waals surface area contributed by atoms with Gasteiger partial charge in [-0.15, -0.1) is 0 Å². The highest BCUT2D eigenvalue weighted by Gasteiger charge is 2.24. The monoisotopic (exact) mass is 362 g/mol. The van der Waals surface area contributed by atoms with Crippen molar-refractivity contribution in [1.82, 2.24) is 0 Å². The zero-order chi connectivity index (χ0) is 12.3. The zero-order valence-corrected chi connectivity index (χ0v) is 13.0. The van der Waals surface area contributed by atoms with Crippen molar-refractivity contribution in [1.29, 1.82) is 0 Å². The molecule has 94 valence electrons. The lowest BCUT2D eigenvalue weighted by atomic mass is 9.94. The van der Waals surface area contributed by atoms with Crippen LogP contribution in [0.25, 0.3) is 0 Å². The minimum Gasteiger partial charge on any atom is -0.497 e. The van der Waals surface area contributed by atoms with Gasteiger partial charge in [-0.1, -0.05) is 31.9 Å². The molecule has 1 fully saturated rings. The average Bonchev–Trinajstić information content (AvgIpc) is 2.35. The van der Waals surface area contributed by atoms with Crippen molar-refractivity contribution in [2.24, 2.45) is 5.92 Å². The van der Waals surface area contributed by atoms with E-state index >= 15 is 0 Å². The predicted octanol–water partition coefficient (Wildman–Crippen LogP) is 3.80. The third kappa shape index (κ3) is 3.46. The maximum Gasteiger partial charge on any atom is 0.119 e. The van der Waals surface area contributed by atoms with Crippen LogP contribution >= 0.6 is 31.9 Å². The number of halogens is 2. The Kier molecular flexibility index (Phi) is 4.88. The quantitative estimate of drug-likeness (QED) is 0.760. The van der Waals surface area contributed by atoms with Crippen molar-refractivity contribution in [3.8, 4) is 5.75 Å². The second-order valence-electron chi connectivity index (χ2n) is 4.30. The van der Waals surface area contributed by atoms with Gasteiger partial charge in [0, 0.05) is 15.9 Å². The standard InChI is InChI=1S/C13H16Br2O2/c1-16-11-2-3-12(14)9(7-11)6-10-8-17-5-4-13(10)15/h2-3,7,10,13H,4-6,8H2,1H3. The first-order valence-electron chi connectivity index (χ1n) is 5.75. The van der Waals surface area contributed by atoms with Crippen LogP contribution in [0.15, 0.2) is 22.7 Å². The first-order valence-corrected chi connectivity index (χ1v) is 7.46. The predicted molar refractivity (Wildman–Crippen MR) is 76.0 cm³/mol. The van der Waals surface area contributed by atoms with Crippen molar-refractivity contribution < 1.29 is 9.47 Å². The van der Waals surface area contributed by atoms with E-state index in [0.717, 1.165) is 36.3 Å². The van der Waals surface area contributed by atoms with E-state index in [4.69, 9.17) is 9.47 Å². The Morgan fingerprint density at radius 3 is 3.00 bits per heavy atom. The topological polar surface area (TPSA) is 18.5 Å². The minimum atomic E-state index is 0.534. The Morgan fingerprint density at radius 1 is 1.47 bits per heavy atom. The molecule has 1 saturated heterocycles. The molecule has 0 aliphatic carbocycles. The van der Waals surface area contributed by atoms with Crippen LogP contribution in [-0.2, 0) is 11.2 Å². The summed E-state index contributed by atoms with van der Waals surface area (Å²) in [4.78, 5) is 0.550. The van der Waals surface area contributed by atoms with Crippen LogP contribution in [0.1, 0.15) is 12.0 Å². The zero-order valence-electron chi connectivity index (χ0n) is 9.79. The maximum absolute atomic E-state index is 5.54. The van der Waals surface area contributed by atoms with Crippen LogP contribution in [0.2, 0.25) is 0 Å². The summed E-state index contributed by atoms with van der Waals surface area (Å²) in [6, 6.07) is 6.11. The van der Waals surface area contributed by atoms with Gasteiger partial charge in [0.05, 0.1) is 13.7 Å². The smallest absolute Gasteiger partial charge is 0.119 e. The molecule has 0 radical (unpaired) electrons. The number of hydrogen-bond acceptors (Lipinski definition) is 2. The third-order valence-corrected chi connectivity index (χ3v) is 5.10. The van der Waals surface area contributed by atoms with E-state index < -0.39 is 0 Å². The van der Waals surface area contributed by atoms with E-state index in [1.165, 1.54) is 5.56 Å². The van der Waals surface area contributed by atoms with Gasteiger partial charge < -0.3 is 9.47 Å². The molecule has 17 heavy (non-hydrogen) atoms. The summed E-state index contributed by atoms with van der Waals surface area (Å²) >= 11 is 7.34. The molecular formula is C13H16Br2O2. The van der Waals surface area contributed by atoms with Crippen molar-refractivity contribution in [3.63, 3.8) is 0 Å². The van der Waals surface area contributed by atoms with Gasteiger partial charge in [-0.2, -0.15) is 0 Å². The fourth-order valence-corrected chi connectivity index (χ4v) is 3.01. The van der Waals surface area contributed by atoms with E-state index in [1.54, 1.807) is 7.11 Å². The van der Waals surface area contributed by atoms with Crippen LogP contribution in [0.3, 0.4) is 0 Å². The normalized spacial score (nSPS) is 24.6. The molecule has 0 amide bonds. The third-order valence-electron chi connectivity index (χ3n) is 3.12. The fourth-order valence-electron chi connectivity index (χ4n) is 2.07. The summed E-state index contributed by atoms with van der Waals surface area (Å²) in [6.07, 6.45) is 2.10. The fraction of sp³-hybridized carbons (Fsp3) is 0.538. The molecule has 1 aliphatic heterocycles. The van der Waals surface area contributed by atoms with Crippen molar-refractivity contribution in [3.05, 3.63) is 28.2 Å². The van der Waals surface area contributed by atoms with Crippen LogP contribution in [-0.4, -0.2) is 25.2 Å². The van der Waals surface area contributed by atoms with Gasteiger partial charge in [-0.25, -0.2) is 0 Å². The lowest BCUT2D eigenvalue weighted by Gasteiger charge is -2.27. The van der Waals surface area contributed by atoms with E-state index in [-0.39, 0.29) is 0 Å². The Balaban J connectivity index is 2.11. The minimum absolute atomic E-state index is 0.534. The Bertz CT molecular complexity index is 382. The number of benzene rings is 1. The summed E-state index contributed by atoms with van der Waals surface area (Å²) in [6.45, 7) is 1.70. The molecule has 1 heterocycles. The summed E-state index contributed by atoms with van der Waals surface area (Å²) < 4.78 is 11.9. The molecule has 0 aromatic heterocycles. The summed E-state index contributed by atoms with van der Waals surface area (Å²) in [5.41, 5.74) is 1.28. The van der Waals surface area contributed by atoms with Crippen molar-refractivity contribution in [2.45, 2.75) is 17.7 Å². The molecule has 2 unspecified atom stereocenters. The number of ether oxygens (including phenoxy) is 2. The van der Waals surface area contributed by atoms with Gasteiger partial charge in [-0.05, 0) is 42.5 Å². The SMILES string of the molecule is COc1ccc(Br)c(CC2COCCC2Br)c1. The lowest BCUT2D eigenvalue weighted by molar-refractivity contribution is 0.0605. The number of methoxy groups -OCH3 is 1. The molecular weight excluding hydrogens is 348 g/mol. The highest BCUT2D eigenvalue weighted by Crippen LogP contribution is 2.30. The van der Waals surface area contributed by atoms with E-state index in [1.807, 2.05) is 12.1 Å². The maximum atomic E-state index is 5.54. The van der Waals surface area contributed by atoms with Gasteiger partial charge in [0.1, 0.15) is 5.75 Å². The van der Waals surface area contributed by atoms with E-state index in [2.05, 4.69) is 37.9 Å². The second-order valence-corrected chi connectivity index (χ2v) is 6.33. The van der Waals surface area contributed by atoms with Crippen LogP contribution in [0, 0.1) is 5.92 Å². The Morgan fingerprint density at radius 2 is 2.29 bits per heavy atom. The molecule has 0 N–H and O–H groups in total. The van der Waals surface area contributed by atoms with Crippen LogP contribution < -0.4 is 4.74 Å². The molecule has 0 saturated carbocycles. The number of hydrogen-bond donors (Lipinski definition) is 0. The van der Waals surface area contributed by atoms with Gasteiger partial charge >= 0.3 is 0 Å².